The maximum Gasteiger partial charge on any atom is 0.253 e. The molecule has 20 heavy (non-hydrogen) atoms. The number of benzene rings is 1. The summed E-state index contributed by atoms with van der Waals surface area (Å²) in [5.41, 5.74) is 0.771. The lowest BCUT2D eigenvalue weighted by Gasteiger charge is -2.27. The second-order valence-corrected chi connectivity index (χ2v) is 5.87. The summed E-state index contributed by atoms with van der Waals surface area (Å²) in [6.45, 7) is 3.82. The Labute approximate surface area is 125 Å². The van der Waals surface area contributed by atoms with Gasteiger partial charge >= 0.3 is 0 Å². The van der Waals surface area contributed by atoms with E-state index in [1.165, 1.54) is 18.3 Å². The van der Waals surface area contributed by atoms with Crippen molar-refractivity contribution in [2.24, 2.45) is 0 Å². The molecule has 3 nitrogen and oxygen atoms in total. The van der Waals surface area contributed by atoms with Gasteiger partial charge in [0.15, 0.2) is 0 Å². The van der Waals surface area contributed by atoms with Gasteiger partial charge in [0.2, 0.25) is 5.95 Å². The van der Waals surface area contributed by atoms with Gasteiger partial charge in [-0.1, -0.05) is 28.1 Å². The zero-order chi connectivity index (χ0) is 14.8. The van der Waals surface area contributed by atoms with Crippen molar-refractivity contribution in [2.75, 3.05) is 0 Å². The van der Waals surface area contributed by atoms with Crippen LogP contribution in [0.25, 0.3) is 0 Å². The maximum atomic E-state index is 12.7. The first-order valence-electron chi connectivity index (χ1n) is 6.08. The maximum absolute atomic E-state index is 12.7. The highest BCUT2D eigenvalue weighted by molar-refractivity contribution is 9.10. The van der Waals surface area contributed by atoms with E-state index in [1.807, 2.05) is 38.1 Å². The highest BCUT2D eigenvalue weighted by atomic mass is 79.9. The van der Waals surface area contributed by atoms with Gasteiger partial charge in [0.25, 0.3) is 5.91 Å². The van der Waals surface area contributed by atoms with Crippen molar-refractivity contribution in [1.29, 1.82) is 0 Å². The fourth-order valence-corrected chi connectivity index (χ4v) is 2.07. The van der Waals surface area contributed by atoms with Crippen molar-refractivity contribution in [2.45, 2.75) is 19.4 Å². The smallest absolute Gasteiger partial charge is 0.253 e. The quantitative estimate of drug-likeness (QED) is 0.869. The van der Waals surface area contributed by atoms with Crippen LogP contribution in [0.15, 0.2) is 47.1 Å². The molecule has 104 valence electrons. The average molecular weight is 337 g/mol. The molecule has 0 fully saturated rings. The zero-order valence-corrected chi connectivity index (χ0v) is 12.7. The molecule has 0 aliphatic carbocycles. The molecule has 0 atom stereocenters. The Bertz CT molecular complexity index is 609. The van der Waals surface area contributed by atoms with Crippen molar-refractivity contribution in [3.8, 4) is 0 Å². The van der Waals surface area contributed by atoms with Crippen LogP contribution >= 0.6 is 15.9 Å². The van der Waals surface area contributed by atoms with Gasteiger partial charge in [0.05, 0.1) is 11.1 Å². The zero-order valence-electron chi connectivity index (χ0n) is 11.2. The van der Waals surface area contributed by atoms with Crippen LogP contribution in [0, 0.1) is 5.95 Å². The first kappa shape index (κ1) is 14.7. The first-order valence-corrected chi connectivity index (χ1v) is 6.88. The summed E-state index contributed by atoms with van der Waals surface area (Å²) >= 11 is 3.38. The number of carbonyl (C=O) groups excluding carboxylic acids is 1. The molecule has 0 unspecified atom stereocenters. The fourth-order valence-electron chi connectivity index (χ4n) is 1.80. The van der Waals surface area contributed by atoms with E-state index < -0.39 is 11.5 Å². The molecule has 0 radical (unpaired) electrons. The minimum Gasteiger partial charge on any atom is -0.343 e. The predicted molar refractivity (Wildman–Crippen MR) is 78.8 cm³/mol. The Morgan fingerprint density at radius 3 is 2.40 bits per heavy atom. The van der Waals surface area contributed by atoms with E-state index in [-0.39, 0.29) is 5.91 Å². The Morgan fingerprint density at radius 1 is 1.20 bits per heavy atom. The molecule has 5 heteroatoms. The summed E-state index contributed by atoms with van der Waals surface area (Å²) in [5.74, 6) is -0.890. The first-order chi connectivity index (χ1) is 9.38. The molecule has 0 saturated carbocycles. The summed E-state index contributed by atoms with van der Waals surface area (Å²) in [7, 11) is 0. The van der Waals surface area contributed by atoms with Gasteiger partial charge in [0.1, 0.15) is 0 Å². The van der Waals surface area contributed by atoms with Crippen molar-refractivity contribution < 1.29 is 9.18 Å². The standard InChI is InChI=1S/C15H14BrFN2O/c1-15(2,11-4-6-12(16)7-5-11)19-14(20)10-3-8-13(17)18-9-10/h3-9H,1-2H3,(H,19,20). The van der Waals surface area contributed by atoms with Gasteiger partial charge in [0, 0.05) is 10.7 Å². The lowest BCUT2D eigenvalue weighted by Crippen LogP contribution is -2.41. The van der Waals surface area contributed by atoms with Crippen LogP contribution in [0.1, 0.15) is 29.8 Å². The molecule has 1 heterocycles. The van der Waals surface area contributed by atoms with Gasteiger partial charge in [-0.05, 0) is 43.7 Å². The third-order valence-corrected chi connectivity index (χ3v) is 3.51. The van der Waals surface area contributed by atoms with Gasteiger partial charge in [-0.15, -0.1) is 0 Å². The number of amides is 1. The second-order valence-electron chi connectivity index (χ2n) is 4.96. The molecular weight excluding hydrogens is 323 g/mol. The molecule has 0 saturated heterocycles. The summed E-state index contributed by atoms with van der Waals surface area (Å²) < 4.78 is 13.7. The molecule has 0 spiro atoms. The molecule has 1 amide bonds. The van der Waals surface area contributed by atoms with Gasteiger partial charge < -0.3 is 5.32 Å². The Kier molecular flexibility index (Phi) is 4.18. The molecule has 0 aliphatic rings. The average Bonchev–Trinajstić information content (AvgIpc) is 2.39. The lowest BCUT2D eigenvalue weighted by molar-refractivity contribution is 0.0911. The second kappa shape index (κ2) is 5.71. The Hall–Kier alpha value is -1.75. The molecule has 2 rings (SSSR count). The normalized spacial score (nSPS) is 11.2. The molecular formula is C15H14BrFN2O. The summed E-state index contributed by atoms with van der Waals surface area (Å²) in [6, 6.07) is 10.3. The highest BCUT2D eigenvalue weighted by Gasteiger charge is 2.23. The summed E-state index contributed by atoms with van der Waals surface area (Å²) in [6.07, 6.45) is 1.22. The van der Waals surface area contributed by atoms with E-state index in [4.69, 9.17) is 0 Å². The SMILES string of the molecule is CC(C)(NC(=O)c1ccc(F)nc1)c1ccc(Br)cc1. The lowest BCUT2D eigenvalue weighted by atomic mass is 9.94. The third kappa shape index (κ3) is 3.42. The predicted octanol–water partition coefficient (Wildman–Crippen LogP) is 3.65. The Morgan fingerprint density at radius 2 is 1.85 bits per heavy atom. The van der Waals surface area contributed by atoms with Crippen LogP contribution < -0.4 is 5.32 Å². The number of nitrogens with one attached hydrogen (secondary N) is 1. The van der Waals surface area contributed by atoms with E-state index in [0.717, 1.165) is 10.0 Å². The third-order valence-electron chi connectivity index (χ3n) is 2.98. The van der Waals surface area contributed by atoms with Crippen molar-refractivity contribution in [3.63, 3.8) is 0 Å². The number of carbonyl (C=O) groups is 1. The monoisotopic (exact) mass is 336 g/mol. The van der Waals surface area contributed by atoms with E-state index in [0.29, 0.717) is 5.56 Å². The van der Waals surface area contributed by atoms with Crippen LogP contribution in [-0.2, 0) is 5.54 Å². The van der Waals surface area contributed by atoms with E-state index >= 15 is 0 Å². The van der Waals surface area contributed by atoms with Crippen LogP contribution in [0.3, 0.4) is 0 Å². The van der Waals surface area contributed by atoms with E-state index in [2.05, 4.69) is 26.2 Å². The largest absolute Gasteiger partial charge is 0.343 e. The molecule has 2 aromatic rings. The molecule has 0 bridgehead atoms. The van der Waals surface area contributed by atoms with Crippen molar-refractivity contribution >= 4 is 21.8 Å². The van der Waals surface area contributed by atoms with E-state index in [1.54, 1.807) is 0 Å². The van der Waals surface area contributed by atoms with E-state index in [9.17, 15) is 9.18 Å². The van der Waals surface area contributed by atoms with Gasteiger partial charge in [-0.3, -0.25) is 4.79 Å². The van der Waals surface area contributed by atoms with Gasteiger partial charge in [-0.25, -0.2) is 4.98 Å². The number of rotatable bonds is 3. The number of nitrogens with zero attached hydrogens (tertiary/aromatic N) is 1. The molecule has 1 N–H and O–H groups in total. The highest BCUT2D eigenvalue weighted by Crippen LogP contribution is 2.22. The van der Waals surface area contributed by atoms with Crippen molar-refractivity contribution in [3.05, 3.63) is 64.1 Å². The Balaban J connectivity index is 2.17. The molecule has 1 aromatic carbocycles. The minimum atomic E-state index is -0.603. The number of aromatic nitrogens is 1. The van der Waals surface area contributed by atoms with Crippen LogP contribution in [0.5, 0.6) is 0 Å². The van der Waals surface area contributed by atoms with Gasteiger partial charge in [-0.2, -0.15) is 4.39 Å². The number of hydrogen-bond acceptors (Lipinski definition) is 2. The van der Waals surface area contributed by atoms with Crippen LogP contribution in [-0.4, -0.2) is 10.9 Å². The fraction of sp³-hybridized carbons (Fsp3) is 0.200. The summed E-state index contributed by atoms with van der Waals surface area (Å²) in [5, 5.41) is 2.91. The number of hydrogen-bond donors (Lipinski definition) is 1. The van der Waals surface area contributed by atoms with Crippen LogP contribution in [0.4, 0.5) is 4.39 Å². The molecule has 1 aromatic heterocycles. The summed E-state index contributed by atoms with van der Waals surface area (Å²) in [4.78, 5) is 15.6. The van der Waals surface area contributed by atoms with Crippen molar-refractivity contribution in [1.82, 2.24) is 10.3 Å². The number of halogens is 2. The number of pyridine rings is 1. The topological polar surface area (TPSA) is 42.0 Å². The minimum absolute atomic E-state index is 0.287. The molecule has 0 aliphatic heterocycles. The van der Waals surface area contributed by atoms with Crippen LogP contribution in [0.2, 0.25) is 0 Å².